The van der Waals surface area contributed by atoms with Crippen LogP contribution in [0, 0.1) is 6.92 Å². The summed E-state index contributed by atoms with van der Waals surface area (Å²) in [5.41, 5.74) is 1.54. The Hall–Kier alpha value is -0.910. The number of sulfonamides is 1. The maximum Gasteiger partial charge on any atom is 0.211 e. The Morgan fingerprint density at radius 3 is 2.64 bits per heavy atom. The fraction of sp³-hybridized carbons (Fsp3) is 0.333. The van der Waals surface area contributed by atoms with Gasteiger partial charge in [-0.1, -0.05) is 29.8 Å². The molecule has 0 aliphatic carbocycles. The molecule has 1 aromatic rings. The van der Waals surface area contributed by atoms with Crippen LogP contribution in [0.3, 0.4) is 0 Å². The van der Waals surface area contributed by atoms with Crippen LogP contribution in [0.4, 0.5) is 0 Å². The Balaban J connectivity index is 2.85. The molecule has 0 radical (unpaired) electrons. The summed E-state index contributed by atoms with van der Waals surface area (Å²) in [4.78, 5) is 0. The van der Waals surface area contributed by atoms with Gasteiger partial charge in [0.05, 0.1) is 11.9 Å². The van der Waals surface area contributed by atoms with Gasteiger partial charge in [-0.25, -0.2) is 13.6 Å². The molecular weight excluding hydrogens is 202 g/mol. The second kappa shape index (κ2) is 4.08. The van der Waals surface area contributed by atoms with Gasteiger partial charge in [0.2, 0.25) is 10.0 Å². The molecule has 0 saturated heterocycles. The molecule has 1 rings (SSSR count). The molecule has 0 heterocycles. The zero-order valence-electron chi connectivity index (χ0n) is 7.84. The Kier molecular flexibility index (Phi) is 3.25. The van der Waals surface area contributed by atoms with E-state index in [0.29, 0.717) is 5.56 Å². The highest BCUT2D eigenvalue weighted by atomic mass is 32.2. The van der Waals surface area contributed by atoms with Gasteiger partial charge >= 0.3 is 0 Å². The number of primary sulfonamides is 1. The first kappa shape index (κ1) is 11.2. The van der Waals surface area contributed by atoms with Gasteiger partial charge in [-0.15, -0.1) is 0 Å². The van der Waals surface area contributed by atoms with E-state index in [-0.39, 0.29) is 0 Å². The van der Waals surface area contributed by atoms with Crippen molar-refractivity contribution >= 4 is 10.0 Å². The largest absolute Gasteiger partial charge is 0.387 e. The minimum atomic E-state index is -3.63. The molecule has 5 heteroatoms. The zero-order chi connectivity index (χ0) is 10.8. The maximum absolute atomic E-state index is 10.7. The molecule has 0 saturated carbocycles. The van der Waals surface area contributed by atoms with Crippen LogP contribution in [0.5, 0.6) is 0 Å². The maximum atomic E-state index is 10.7. The van der Waals surface area contributed by atoms with Crippen molar-refractivity contribution in [2.75, 3.05) is 5.75 Å². The molecule has 1 aromatic carbocycles. The monoisotopic (exact) mass is 215 g/mol. The number of nitrogens with two attached hydrogens (primary N) is 1. The third-order valence-corrected chi connectivity index (χ3v) is 2.60. The van der Waals surface area contributed by atoms with Gasteiger partial charge in [0.25, 0.3) is 0 Å². The molecule has 78 valence electrons. The first-order valence-corrected chi connectivity index (χ1v) is 5.85. The lowest BCUT2D eigenvalue weighted by molar-refractivity contribution is 0.201. The van der Waals surface area contributed by atoms with E-state index in [1.165, 1.54) is 0 Å². The van der Waals surface area contributed by atoms with Gasteiger partial charge in [-0.2, -0.15) is 0 Å². The summed E-state index contributed by atoms with van der Waals surface area (Å²) in [5.74, 6) is -0.448. The summed E-state index contributed by atoms with van der Waals surface area (Å²) in [6, 6.07) is 7.03. The van der Waals surface area contributed by atoms with Crippen molar-refractivity contribution in [2.24, 2.45) is 5.14 Å². The molecule has 0 aromatic heterocycles. The average Bonchev–Trinajstić information content (AvgIpc) is 2.01. The highest BCUT2D eigenvalue weighted by molar-refractivity contribution is 7.89. The highest BCUT2D eigenvalue weighted by Crippen LogP contribution is 2.15. The lowest BCUT2D eigenvalue weighted by atomic mass is 10.1. The minimum absolute atomic E-state index is 0.448. The number of benzene rings is 1. The van der Waals surface area contributed by atoms with Crippen molar-refractivity contribution < 1.29 is 13.5 Å². The average molecular weight is 215 g/mol. The lowest BCUT2D eigenvalue weighted by Gasteiger charge is -2.09. The van der Waals surface area contributed by atoms with Gasteiger partial charge in [0.15, 0.2) is 0 Å². The van der Waals surface area contributed by atoms with Crippen molar-refractivity contribution in [3.63, 3.8) is 0 Å². The fourth-order valence-corrected chi connectivity index (χ4v) is 1.83. The molecule has 1 atom stereocenters. The molecule has 3 N–H and O–H groups in total. The van der Waals surface area contributed by atoms with E-state index in [1.807, 2.05) is 13.0 Å². The minimum Gasteiger partial charge on any atom is -0.387 e. The number of aryl methyl sites for hydroxylation is 1. The van der Waals surface area contributed by atoms with Gasteiger partial charge in [0.1, 0.15) is 0 Å². The number of rotatable bonds is 3. The van der Waals surface area contributed by atoms with Crippen LogP contribution in [-0.2, 0) is 10.0 Å². The van der Waals surface area contributed by atoms with E-state index in [4.69, 9.17) is 5.14 Å². The third kappa shape index (κ3) is 3.45. The number of hydrogen-bond donors (Lipinski definition) is 2. The third-order valence-electron chi connectivity index (χ3n) is 1.82. The summed E-state index contributed by atoms with van der Waals surface area (Å²) in [5, 5.41) is 14.3. The van der Waals surface area contributed by atoms with E-state index in [1.54, 1.807) is 18.2 Å². The summed E-state index contributed by atoms with van der Waals surface area (Å²) >= 11 is 0. The van der Waals surface area contributed by atoms with Crippen LogP contribution in [0.1, 0.15) is 17.2 Å². The van der Waals surface area contributed by atoms with Crippen molar-refractivity contribution in [3.8, 4) is 0 Å². The summed E-state index contributed by atoms with van der Waals surface area (Å²) in [6.45, 7) is 1.87. The smallest absolute Gasteiger partial charge is 0.211 e. The molecule has 0 fully saturated rings. The normalized spacial score (nSPS) is 13.9. The first-order chi connectivity index (χ1) is 6.38. The molecule has 0 amide bonds. The molecular formula is C9H13NO3S. The number of aliphatic hydroxyl groups excluding tert-OH is 1. The van der Waals surface area contributed by atoms with Crippen LogP contribution in [-0.4, -0.2) is 19.3 Å². The topological polar surface area (TPSA) is 80.4 Å². The molecule has 14 heavy (non-hydrogen) atoms. The van der Waals surface area contributed by atoms with E-state index >= 15 is 0 Å². The number of aliphatic hydroxyl groups is 1. The van der Waals surface area contributed by atoms with E-state index in [2.05, 4.69) is 0 Å². The van der Waals surface area contributed by atoms with Gasteiger partial charge < -0.3 is 5.11 Å². The molecule has 4 nitrogen and oxygen atoms in total. The van der Waals surface area contributed by atoms with Gasteiger partial charge in [-0.3, -0.25) is 0 Å². The van der Waals surface area contributed by atoms with Crippen molar-refractivity contribution in [1.29, 1.82) is 0 Å². The van der Waals surface area contributed by atoms with Crippen LogP contribution in [0.2, 0.25) is 0 Å². The molecule has 0 aliphatic heterocycles. The van der Waals surface area contributed by atoms with Crippen molar-refractivity contribution in [2.45, 2.75) is 13.0 Å². The van der Waals surface area contributed by atoms with Crippen LogP contribution in [0.15, 0.2) is 24.3 Å². The molecule has 0 aliphatic rings. The highest BCUT2D eigenvalue weighted by Gasteiger charge is 2.14. The molecule has 0 spiro atoms. The SMILES string of the molecule is Cc1cccc(C(O)CS(N)(=O)=O)c1. The fourth-order valence-electron chi connectivity index (χ4n) is 1.19. The van der Waals surface area contributed by atoms with Crippen LogP contribution in [0.25, 0.3) is 0 Å². The summed E-state index contributed by atoms with van der Waals surface area (Å²) < 4.78 is 21.4. The Morgan fingerprint density at radius 2 is 2.14 bits per heavy atom. The van der Waals surface area contributed by atoms with Crippen molar-refractivity contribution in [3.05, 3.63) is 35.4 Å². The quantitative estimate of drug-likeness (QED) is 0.761. The second-order valence-electron chi connectivity index (χ2n) is 3.26. The number of hydrogen-bond acceptors (Lipinski definition) is 3. The Labute approximate surface area is 83.4 Å². The second-order valence-corrected chi connectivity index (χ2v) is 4.92. The zero-order valence-corrected chi connectivity index (χ0v) is 8.66. The lowest BCUT2D eigenvalue weighted by Crippen LogP contribution is -2.21. The van der Waals surface area contributed by atoms with Crippen LogP contribution < -0.4 is 5.14 Å². The molecule has 0 bridgehead atoms. The Morgan fingerprint density at radius 1 is 1.50 bits per heavy atom. The van der Waals surface area contributed by atoms with E-state index < -0.39 is 21.9 Å². The molecule has 1 unspecified atom stereocenters. The predicted molar refractivity (Wildman–Crippen MR) is 54.1 cm³/mol. The van der Waals surface area contributed by atoms with Crippen molar-refractivity contribution in [1.82, 2.24) is 0 Å². The van der Waals surface area contributed by atoms with E-state index in [9.17, 15) is 13.5 Å². The van der Waals surface area contributed by atoms with E-state index in [0.717, 1.165) is 5.56 Å². The standard InChI is InChI=1S/C9H13NO3S/c1-7-3-2-4-8(5-7)9(11)6-14(10,12)13/h2-5,9,11H,6H2,1H3,(H2,10,12,13). The predicted octanol–water partition coefficient (Wildman–Crippen LogP) is 0.317. The van der Waals surface area contributed by atoms with Crippen LogP contribution >= 0.6 is 0 Å². The van der Waals surface area contributed by atoms with Gasteiger partial charge in [0, 0.05) is 0 Å². The summed E-state index contributed by atoms with van der Waals surface area (Å²) in [6.07, 6.45) is -1.05. The summed E-state index contributed by atoms with van der Waals surface area (Å²) in [7, 11) is -3.63. The Bertz CT molecular complexity index is 414. The first-order valence-electron chi connectivity index (χ1n) is 4.13. The van der Waals surface area contributed by atoms with Gasteiger partial charge in [-0.05, 0) is 12.5 Å².